The van der Waals surface area contributed by atoms with Crippen molar-refractivity contribution in [1.82, 2.24) is 10.2 Å². The maximum absolute atomic E-state index is 12.0. The van der Waals surface area contributed by atoms with Gasteiger partial charge in [0.05, 0.1) is 0 Å². The normalized spacial score (nSPS) is 18.2. The number of nitrogens with one attached hydrogen (secondary N) is 1. The van der Waals surface area contributed by atoms with Gasteiger partial charge in [0.15, 0.2) is 0 Å². The maximum atomic E-state index is 12.0. The number of benzene rings is 1. The third-order valence-electron chi connectivity index (χ3n) is 4.39. The summed E-state index contributed by atoms with van der Waals surface area (Å²) in [6.07, 6.45) is 2.04. The number of likely N-dealkylation sites (tertiary alicyclic amines) is 1. The minimum Gasteiger partial charge on any atom is -0.353 e. The van der Waals surface area contributed by atoms with Crippen LogP contribution in [0.5, 0.6) is 0 Å². The number of hydrogen-bond donors (Lipinski definition) is 2. The van der Waals surface area contributed by atoms with Gasteiger partial charge in [0, 0.05) is 37.6 Å². The van der Waals surface area contributed by atoms with E-state index in [0.29, 0.717) is 6.04 Å². The number of nitrogens with two attached hydrogens (primary N) is 1. The predicted molar refractivity (Wildman–Crippen MR) is 100 cm³/mol. The van der Waals surface area contributed by atoms with Gasteiger partial charge in [0.2, 0.25) is 5.91 Å². The second-order valence-corrected chi connectivity index (χ2v) is 6.19. The van der Waals surface area contributed by atoms with Crippen molar-refractivity contribution in [1.29, 1.82) is 0 Å². The van der Waals surface area contributed by atoms with Gasteiger partial charge in [-0.2, -0.15) is 0 Å². The van der Waals surface area contributed by atoms with Gasteiger partial charge in [0.1, 0.15) is 0 Å². The zero-order valence-electron chi connectivity index (χ0n) is 13.9. The summed E-state index contributed by atoms with van der Waals surface area (Å²) in [5.74, 6) is -0.0288. The molecule has 1 heterocycles. The van der Waals surface area contributed by atoms with Crippen LogP contribution in [0.4, 0.5) is 0 Å². The Kier molecular flexibility index (Phi) is 10.5. The second kappa shape index (κ2) is 10.9. The van der Waals surface area contributed by atoms with E-state index in [1.54, 1.807) is 0 Å². The van der Waals surface area contributed by atoms with Gasteiger partial charge in [-0.15, -0.1) is 24.8 Å². The highest BCUT2D eigenvalue weighted by Crippen LogP contribution is 2.14. The number of halogens is 2. The molecule has 2 atom stereocenters. The average molecular weight is 362 g/mol. The van der Waals surface area contributed by atoms with E-state index < -0.39 is 0 Å². The Labute approximate surface area is 152 Å². The molecule has 4 nitrogen and oxygen atoms in total. The summed E-state index contributed by atoms with van der Waals surface area (Å²) in [5, 5.41) is 3.14. The fourth-order valence-electron chi connectivity index (χ4n) is 2.65. The van der Waals surface area contributed by atoms with E-state index in [0.717, 1.165) is 32.5 Å². The van der Waals surface area contributed by atoms with Crippen molar-refractivity contribution in [3.8, 4) is 0 Å². The van der Waals surface area contributed by atoms with Crippen LogP contribution in [0.2, 0.25) is 0 Å². The van der Waals surface area contributed by atoms with Crippen LogP contribution in [0.15, 0.2) is 30.3 Å². The van der Waals surface area contributed by atoms with Crippen LogP contribution in [0.25, 0.3) is 0 Å². The van der Waals surface area contributed by atoms with Crippen molar-refractivity contribution in [2.75, 3.05) is 13.1 Å². The molecule has 6 heteroatoms. The molecule has 1 aliphatic heterocycles. The molecule has 1 aromatic rings. The van der Waals surface area contributed by atoms with Gasteiger partial charge in [0.25, 0.3) is 0 Å². The van der Waals surface area contributed by atoms with Gasteiger partial charge in [-0.05, 0) is 25.3 Å². The summed E-state index contributed by atoms with van der Waals surface area (Å²) < 4.78 is 0. The molecular formula is C17H29Cl2N3O. The average Bonchev–Trinajstić information content (AvgIpc) is 2.49. The highest BCUT2D eigenvalue weighted by molar-refractivity contribution is 5.85. The van der Waals surface area contributed by atoms with E-state index in [4.69, 9.17) is 5.73 Å². The van der Waals surface area contributed by atoms with Crippen LogP contribution >= 0.6 is 24.8 Å². The number of hydrogen-bond acceptors (Lipinski definition) is 3. The Morgan fingerprint density at radius 1 is 1.22 bits per heavy atom. The minimum atomic E-state index is -0.118. The molecule has 0 aromatic heterocycles. The van der Waals surface area contributed by atoms with Crippen LogP contribution < -0.4 is 11.1 Å². The lowest BCUT2D eigenvalue weighted by atomic mass is 10.00. The van der Waals surface area contributed by atoms with Gasteiger partial charge in [-0.3, -0.25) is 9.69 Å². The van der Waals surface area contributed by atoms with E-state index in [1.165, 1.54) is 5.56 Å². The van der Waals surface area contributed by atoms with Crippen molar-refractivity contribution >= 4 is 30.7 Å². The number of rotatable bonds is 5. The summed E-state index contributed by atoms with van der Waals surface area (Å²) in [4.78, 5) is 14.5. The smallest absolute Gasteiger partial charge is 0.224 e. The molecule has 23 heavy (non-hydrogen) atoms. The molecule has 2 rings (SSSR count). The van der Waals surface area contributed by atoms with Crippen LogP contribution in [0.1, 0.15) is 32.3 Å². The first-order chi connectivity index (χ1) is 10.1. The molecule has 1 amide bonds. The molecule has 0 bridgehead atoms. The Balaban J connectivity index is 0.00000242. The highest BCUT2D eigenvalue weighted by Gasteiger charge is 2.24. The van der Waals surface area contributed by atoms with E-state index in [9.17, 15) is 4.79 Å². The van der Waals surface area contributed by atoms with Crippen molar-refractivity contribution in [2.45, 2.75) is 45.3 Å². The SMILES string of the molecule is CC(N)C(C)C(=O)NC1CCN(Cc2ccccc2)CC1.Cl.Cl. The monoisotopic (exact) mass is 361 g/mol. The Hall–Kier alpha value is -0.810. The van der Waals surface area contributed by atoms with Crippen LogP contribution in [0.3, 0.4) is 0 Å². The fourth-order valence-corrected chi connectivity index (χ4v) is 2.65. The Bertz CT molecular complexity index is 448. The number of amides is 1. The van der Waals surface area contributed by atoms with Crippen LogP contribution in [-0.4, -0.2) is 36.0 Å². The number of carbonyl (C=O) groups excluding carboxylic acids is 1. The van der Waals surface area contributed by atoms with Crippen molar-refractivity contribution < 1.29 is 4.79 Å². The molecule has 0 spiro atoms. The van der Waals surface area contributed by atoms with Crippen LogP contribution in [-0.2, 0) is 11.3 Å². The number of piperidine rings is 1. The molecule has 1 aromatic carbocycles. The van der Waals surface area contributed by atoms with Crippen molar-refractivity contribution in [3.63, 3.8) is 0 Å². The molecule has 0 saturated carbocycles. The van der Waals surface area contributed by atoms with Crippen molar-refractivity contribution in [2.24, 2.45) is 11.7 Å². The maximum Gasteiger partial charge on any atom is 0.224 e. The molecule has 1 saturated heterocycles. The first kappa shape index (κ1) is 22.2. The molecular weight excluding hydrogens is 333 g/mol. The Morgan fingerprint density at radius 3 is 2.30 bits per heavy atom. The first-order valence-electron chi connectivity index (χ1n) is 7.88. The van der Waals surface area contributed by atoms with E-state index >= 15 is 0 Å². The number of carbonyl (C=O) groups is 1. The predicted octanol–water partition coefficient (Wildman–Crippen LogP) is 2.59. The van der Waals surface area contributed by atoms with Gasteiger partial charge in [-0.25, -0.2) is 0 Å². The summed E-state index contributed by atoms with van der Waals surface area (Å²) >= 11 is 0. The van der Waals surface area contributed by atoms with Gasteiger partial charge in [-0.1, -0.05) is 37.3 Å². The molecule has 1 aliphatic rings. The quantitative estimate of drug-likeness (QED) is 0.847. The molecule has 2 unspecified atom stereocenters. The molecule has 1 fully saturated rings. The lowest BCUT2D eigenvalue weighted by Crippen LogP contribution is -2.48. The summed E-state index contributed by atoms with van der Waals surface area (Å²) in [6.45, 7) is 6.84. The van der Waals surface area contributed by atoms with Crippen LogP contribution in [0, 0.1) is 5.92 Å². The van der Waals surface area contributed by atoms with E-state index in [1.807, 2.05) is 19.9 Å². The third-order valence-corrected chi connectivity index (χ3v) is 4.39. The van der Waals surface area contributed by atoms with Crippen molar-refractivity contribution in [3.05, 3.63) is 35.9 Å². The summed E-state index contributed by atoms with van der Waals surface area (Å²) in [7, 11) is 0. The molecule has 0 aliphatic carbocycles. The van der Waals surface area contributed by atoms with E-state index in [-0.39, 0.29) is 42.7 Å². The molecule has 132 valence electrons. The van der Waals surface area contributed by atoms with E-state index in [2.05, 4.69) is 34.5 Å². The third kappa shape index (κ3) is 7.08. The lowest BCUT2D eigenvalue weighted by molar-refractivity contribution is -0.126. The lowest BCUT2D eigenvalue weighted by Gasteiger charge is -2.33. The fraction of sp³-hybridized carbons (Fsp3) is 0.588. The Morgan fingerprint density at radius 2 is 1.78 bits per heavy atom. The summed E-state index contributed by atoms with van der Waals surface area (Å²) in [6, 6.07) is 10.7. The molecule has 0 radical (unpaired) electrons. The first-order valence-corrected chi connectivity index (χ1v) is 7.88. The second-order valence-electron chi connectivity index (χ2n) is 6.19. The highest BCUT2D eigenvalue weighted by atomic mass is 35.5. The topological polar surface area (TPSA) is 58.4 Å². The zero-order chi connectivity index (χ0) is 15.2. The zero-order valence-corrected chi connectivity index (χ0v) is 15.5. The van der Waals surface area contributed by atoms with Gasteiger partial charge < -0.3 is 11.1 Å². The largest absolute Gasteiger partial charge is 0.353 e. The summed E-state index contributed by atoms with van der Waals surface area (Å²) in [5.41, 5.74) is 7.13. The molecule has 3 N–H and O–H groups in total. The minimum absolute atomic E-state index is 0. The number of nitrogens with zero attached hydrogens (tertiary/aromatic N) is 1. The van der Waals surface area contributed by atoms with Gasteiger partial charge >= 0.3 is 0 Å². The standard InChI is InChI=1S/C17H27N3O.2ClH/c1-13(14(2)18)17(21)19-16-8-10-20(11-9-16)12-15-6-4-3-5-7-15;;/h3-7,13-14,16H,8-12,18H2,1-2H3,(H,19,21);2*1H.